The summed E-state index contributed by atoms with van der Waals surface area (Å²) < 4.78 is 0. The molecule has 0 saturated heterocycles. The van der Waals surface area contributed by atoms with E-state index >= 15 is 0 Å². The van der Waals surface area contributed by atoms with Crippen molar-refractivity contribution >= 4 is 18.9 Å². The van der Waals surface area contributed by atoms with Crippen molar-refractivity contribution in [1.82, 2.24) is 5.32 Å². The number of aliphatic hydroxyl groups excluding tert-OH is 6. The Labute approximate surface area is 122 Å². The Morgan fingerprint density at radius 1 is 1.05 bits per heavy atom. The summed E-state index contributed by atoms with van der Waals surface area (Å²) in [5.41, 5.74) is -1.94. The van der Waals surface area contributed by atoms with Crippen LogP contribution >= 0.6 is 0 Å². The van der Waals surface area contributed by atoms with Gasteiger partial charge in [0.2, 0.25) is 0 Å². The quantitative estimate of drug-likeness (QED) is 0.232. The van der Waals surface area contributed by atoms with Crippen LogP contribution in [0.3, 0.4) is 0 Å². The fourth-order valence-corrected chi connectivity index (χ4v) is 2.15. The zero-order chi connectivity index (χ0) is 13.9. The molecular weight excluding hydrogens is 253 g/mol. The van der Waals surface area contributed by atoms with E-state index in [1.807, 2.05) is 0 Å². The molecule has 0 bridgehead atoms. The monoisotopic (exact) mass is 275 g/mol. The maximum atomic E-state index is 9.93. The number of rotatable bonds is 5. The van der Waals surface area contributed by atoms with Gasteiger partial charge in [0.15, 0.2) is 0 Å². The van der Waals surface area contributed by atoms with Gasteiger partial charge in [0.1, 0.15) is 17.8 Å². The van der Waals surface area contributed by atoms with Crippen molar-refractivity contribution in [2.24, 2.45) is 0 Å². The fraction of sp³-hybridized carbons (Fsp3) is 1.00. The Morgan fingerprint density at radius 2 is 1.58 bits per heavy atom. The molecule has 0 aromatic rings. The van der Waals surface area contributed by atoms with Gasteiger partial charge in [0, 0.05) is 6.04 Å². The molecule has 9 heteroatoms. The van der Waals surface area contributed by atoms with Crippen molar-refractivity contribution in [2.45, 2.75) is 42.4 Å². The third kappa shape index (κ3) is 4.12. The van der Waals surface area contributed by atoms with Gasteiger partial charge in [-0.2, -0.15) is 0 Å². The molecule has 0 unspecified atom stereocenters. The van der Waals surface area contributed by atoms with Gasteiger partial charge in [-0.25, -0.2) is 0 Å². The van der Waals surface area contributed by atoms with Gasteiger partial charge in [0.25, 0.3) is 0 Å². The first-order valence-corrected chi connectivity index (χ1v) is 5.74. The molecule has 0 aromatic carbocycles. The fourth-order valence-electron chi connectivity index (χ4n) is 2.15. The average molecular weight is 275 g/mol. The topological polar surface area (TPSA) is 154 Å². The molecule has 1 aliphatic carbocycles. The summed E-state index contributed by atoms with van der Waals surface area (Å²) in [7, 11) is 0. The summed E-state index contributed by atoms with van der Waals surface area (Å²) in [6.45, 7) is -1.56. The first-order chi connectivity index (χ1) is 8.39. The molecule has 8 N–H and O–H groups in total. The maximum absolute atomic E-state index is 9.93. The number of hydrogen-bond donors (Lipinski definition) is 8. The molecule has 0 aliphatic heterocycles. The third-order valence-corrected chi connectivity index (χ3v) is 3.37. The van der Waals surface area contributed by atoms with Crippen molar-refractivity contribution in [3.8, 4) is 0 Å². The molecular formula is C10H22LiNO7. The zero-order valence-corrected chi connectivity index (χ0v) is 9.85. The van der Waals surface area contributed by atoms with E-state index in [0.717, 1.165) is 0 Å². The van der Waals surface area contributed by atoms with Crippen LogP contribution in [0, 0.1) is 0 Å². The second-order valence-electron chi connectivity index (χ2n) is 4.73. The molecule has 1 saturated carbocycles. The molecule has 1 aliphatic rings. The molecule has 110 valence electrons. The van der Waals surface area contributed by atoms with Crippen molar-refractivity contribution in [2.75, 3.05) is 19.8 Å². The summed E-state index contributed by atoms with van der Waals surface area (Å²) in [5, 5.41) is 68.4. The minimum absolute atomic E-state index is 0. The van der Waals surface area contributed by atoms with E-state index in [1.54, 1.807) is 0 Å². The van der Waals surface area contributed by atoms with Gasteiger partial charge in [-0.05, 0) is 6.42 Å². The first-order valence-electron chi connectivity index (χ1n) is 5.74. The summed E-state index contributed by atoms with van der Waals surface area (Å²) in [4.78, 5) is 0. The average Bonchev–Trinajstić information content (AvgIpc) is 2.39. The van der Waals surface area contributed by atoms with Gasteiger partial charge in [-0.15, -0.1) is 0 Å². The molecule has 1 fully saturated rings. The second-order valence-corrected chi connectivity index (χ2v) is 4.73. The Hall–Kier alpha value is 0.277. The van der Waals surface area contributed by atoms with Crippen LogP contribution in [0.25, 0.3) is 0 Å². The van der Waals surface area contributed by atoms with E-state index in [1.165, 1.54) is 0 Å². The molecule has 1 rings (SSSR count). The number of aliphatic hydroxyl groups is 7. The van der Waals surface area contributed by atoms with Crippen molar-refractivity contribution in [3.63, 3.8) is 0 Å². The summed E-state index contributed by atoms with van der Waals surface area (Å²) in [5.74, 6) is 0. The Morgan fingerprint density at radius 3 is 2.00 bits per heavy atom. The minimum atomic E-state index is -1.94. The summed E-state index contributed by atoms with van der Waals surface area (Å²) >= 11 is 0. The zero-order valence-electron chi connectivity index (χ0n) is 9.85. The molecule has 19 heavy (non-hydrogen) atoms. The van der Waals surface area contributed by atoms with Crippen LogP contribution < -0.4 is 5.32 Å². The van der Waals surface area contributed by atoms with Crippen LogP contribution in [0.15, 0.2) is 0 Å². The van der Waals surface area contributed by atoms with Gasteiger partial charge in [0.05, 0.1) is 32.0 Å². The van der Waals surface area contributed by atoms with E-state index in [9.17, 15) is 20.4 Å². The van der Waals surface area contributed by atoms with Crippen LogP contribution in [0.2, 0.25) is 0 Å². The van der Waals surface area contributed by atoms with Crippen molar-refractivity contribution in [3.05, 3.63) is 0 Å². The van der Waals surface area contributed by atoms with Crippen LogP contribution in [0.1, 0.15) is 6.42 Å². The van der Waals surface area contributed by atoms with Crippen LogP contribution in [-0.2, 0) is 0 Å². The van der Waals surface area contributed by atoms with E-state index in [-0.39, 0.29) is 25.3 Å². The predicted molar refractivity (Wildman–Crippen MR) is 66.7 cm³/mol. The van der Waals surface area contributed by atoms with Crippen LogP contribution in [0.4, 0.5) is 0 Å². The Balaban J connectivity index is 0.00000324. The standard InChI is InChI=1S/C10H21NO7.Li.H/c12-2-5(3-13)11-6-1-10(18,4-14)9(17)8(16)7(6)15;;/h5-9,11-18H,1-4H2;;/t6-,7-,8+,9-,10-;;/m0../s1. The van der Waals surface area contributed by atoms with Crippen molar-refractivity contribution < 1.29 is 35.7 Å². The van der Waals surface area contributed by atoms with E-state index in [0.29, 0.717) is 0 Å². The molecule has 0 amide bonds. The Bertz CT molecular complexity index is 268. The van der Waals surface area contributed by atoms with Crippen molar-refractivity contribution in [1.29, 1.82) is 0 Å². The van der Waals surface area contributed by atoms with Crippen LogP contribution in [0.5, 0.6) is 0 Å². The van der Waals surface area contributed by atoms with Gasteiger partial charge in [-0.3, -0.25) is 0 Å². The van der Waals surface area contributed by atoms with Crippen LogP contribution in [-0.4, -0.2) is 110 Å². The number of nitrogens with one attached hydrogen (secondary N) is 1. The van der Waals surface area contributed by atoms with Gasteiger partial charge >= 0.3 is 18.9 Å². The Kier molecular flexibility index (Phi) is 8.02. The van der Waals surface area contributed by atoms with Gasteiger partial charge in [-0.1, -0.05) is 0 Å². The normalized spacial score (nSPS) is 39.2. The predicted octanol–water partition coefficient (Wildman–Crippen LogP) is -5.14. The molecule has 0 heterocycles. The second kappa shape index (κ2) is 7.90. The number of hydrogen-bond acceptors (Lipinski definition) is 8. The van der Waals surface area contributed by atoms with Gasteiger partial charge < -0.3 is 41.1 Å². The van der Waals surface area contributed by atoms with E-state index < -0.39 is 55.8 Å². The molecule has 0 radical (unpaired) electrons. The first kappa shape index (κ1) is 19.3. The SMILES string of the molecule is OCC(CO)N[C@H]1C[C@](O)(CO)[C@@H](O)[C@H](O)[C@H]1O.[LiH]. The molecule has 0 aromatic heterocycles. The summed E-state index contributed by atoms with van der Waals surface area (Å²) in [6.07, 6.45) is -4.91. The molecule has 8 nitrogen and oxygen atoms in total. The summed E-state index contributed by atoms with van der Waals surface area (Å²) in [6, 6.07) is -1.60. The van der Waals surface area contributed by atoms with E-state index in [2.05, 4.69) is 5.32 Å². The molecule has 5 atom stereocenters. The third-order valence-electron chi connectivity index (χ3n) is 3.37. The molecule has 0 spiro atoms. The van der Waals surface area contributed by atoms with E-state index in [4.69, 9.17) is 15.3 Å².